The molecule has 0 aliphatic rings. The Hall–Kier alpha value is -1.16. The van der Waals surface area contributed by atoms with Crippen molar-refractivity contribution in [2.24, 2.45) is 5.41 Å². The van der Waals surface area contributed by atoms with Gasteiger partial charge in [-0.1, -0.05) is 32.4 Å². The normalized spacial score (nSPS) is 11.5. The topological polar surface area (TPSA) is 63.1 Å². The number of rotatable bonds is 3. The first kappa shape index (κ1) is 12.9. The molecule has 1 N–H and O–H groups in total. The lowest BCUT2D eigenvalue weighted by atomic mass is 9.92. The van der Waals surface area contributed by atoms with E-state index in [2.05, 4.69) is 30.7 Å². The maximum Gasteiger partial charge on any atom is 0.307 e. The third-order valence-electron chi connectivity index (χ3n) is 1.89. The number of hydrogen-bond acceptors (Lipinski definition) is 3. The van der Waals surface area contributed by atoms with E-state index < -0.39 is 5.97 Å². The van der Waals surface area contributed by atoms with Crippen LogP contribution in [0.5, 0.6) is 0 Å². The highest BCUT2D eigenvalue weighted by Crippen LogP contribution is 2.20. The third-order valence-corrected chi connectivity index (χ3v) is 2.22. The van der Waals surface area contributed by atoms with Crippen LogP contribution in [0.1, 0.15) is 32.2 Å². The number of carboxylic acids is 1. The number of carbonyl (C=O) groups is 1. The van der Waals surface area contributed by atoms with E-state index in [4.69, 9.17) is 16.7 Å². The molecule has 0 spiro atoms. The SMILES string of the molecule is CC(C)(C)Cc1ncc(CC(=O)O)c(Cl)n1. The van der Waals surface area contributed by atoms with Crippen molar-refractivity contribution in [3.05, 3.63) is 22.7 Å². The third kappa shape index (κ3) is 4.14. The number of hydrogen-bond donors (Lipinski definition) is 1. The first-order valence-corrected chi connectivity index (χ1v) is 5.38. The highest BCUT2D eigenvalue weighted by Gasteiger charge is 2.15. The zero-order valence-electron chi connectivity index (χ0n) is 9.62. The molecule has 16 heavy (non-hydrogen) atoms. The zero-order valence-corrected chi connectivity index (χ0v) is 10.4. The molecule has 1 rings (SSSR count). The van der Waals surface area contributed by atoms with Gasteiger partial charge < -0.3 is 5.11 Å². The van der Waals surface area contributed by atoms with E-state index in [-0.39, 0.29) is 17.0 Å². The summed E-state index contributed by atoms with van der Waals surface area (Å²) in [7, 11) is 0. The molecular formula is C11H15ClN2O2. The summed E-state index contributed by atoms with van der Waals surface area (Å²) in [5.41, 5.74) is 0.532. The van der Waals surface area contributed by atoms with Gasteiger partial charge in [-0.05, 0) is 5.41 Å². The van der Waals surface area contributed by atoms with Crippen molar-refractivity contribution in [3.63, 3.8) is 0 Å². The molecule has 0 amide bonds. The maximum absolute atomic E-state index is 10.5. The molecule has 0 saturated carbocycles. The second kappa shape index (κ2) is 4.78. The molecule has 4 nitrogen and oxygen atoms in total. The van der Waals surface area contributed by atoms with Crippen LogP contribution in [0.4, 0.5) is 0 Å². The summed E-state index contributed by atoms with van der Waals surface area (Å²) in [5, 5.41) is 8.87. The summed E-state index contributed by atoms with van der Waals surface area (Å²) >= 11 is 5.89. The van der Waals surface area contributed by atoms with Crippen LogP contribution in [0.25, 0.3) is 0 Å². The minimum Gasteiger partial charge on any atom is -0.481 e. The van der Waals surface area contributed by atoms with Crippen molar-refractivity contribution in [2.75, 3.05) is 0 Å². The standard InChI is InChI=1S/C11H15ClN2O2/c1-11(2,3)5-8-13-6-7(4-9(15)16)10(12)14-8/h6H,4-5H2,1-3H3,(H,15,16). The van der Waals surface area contributed by atoms with Crippen LogP contribution in [-0.2, 0) is 17.6 Å². The van der Waals surface area contributed by atoms with Gasteiger partial charge in [0, 0.05) is 18.2 Å². The molecule has 0 saturated heterocycles. The van der Waals surface area contributed by atoms with Crippen LogP contribution in [-0.4, -0.2) is 21.0 Å². The van der Waals surface area contributed by atoms with Gasteiger partial charge in [0.25, 0.3) is 0 Å². The van der Waals surface area contributed by atoms with E-state index in [0.29, 0.717) is 17.8 Å². The van der Waals surface area contributed by atoms with Gasteiger partial charge in [0.1, 0.15) is 11.0 Å². The second-order valence-electron chi connectivity index (χ2n) is 4.91. The fourth-order valence-electron chi connectivity index (χ4n) is 1.26. The monoisotopic (exact) mass is 242 g/mol. The largest absolute Gasteiger partial charge is 0.481 e. The number of carboxylic acid groups (broad SMARTS) is 1. The Kier molecular flexibility index (Phi) is 3.86. The molecule has 1 aromatic heterocycles. The highest BCUT2D eigenvalue weighted by molar-refractivity contribution is 6.30. The van der Waals surface area contributed by atoms with Crippen LogP contribution in [0.3, 0.4) is 0 Å². The van der Waals surface area contributed by atoms with Crippen LogP contribution in [0.2, 0.25) is 5.15 Å². The van der Waals surface area contributed by atoms with Gasteiger partial charge in [0.05, 0.1) is 6.42 Å². The fourth-order valence-corrected chi connectivity index (χ4v) is 1.47. The average Bonchev–Trinajstić information content (AvgIpc) is 2.06. The molecule has 88 valence electrons. The summed E-state index contributed by atoms with van der Waals surface area (Å²) in [4.78, 5) is 18.7. The van der Waals surface area contributed by atoms with Gasteiger partial charge in [0.2, 0.25) is 0 Å². The van der Waals surface area contributed by atoms with Crippen LogP contribution < -0.4 is 0 Å². The van der Waals surface area contributed by atoms with Crippen LogP contribution >= 0.6 is 11.6 Å². The van der Waals surface area contributed by atoms with Crippen molar-refractivity contribution in [1.29, 1.82) is 0 Å². The van der Waals surface area contributed by atoms with E-state index in [0.717, 1.165) is 0 Å². The van der Waals surface area contributed by atoms with Gasteiger partial charge in [-0.2, -0.15) is 0 Å². The fraction of sp³-hybridized carbons (Fsp3) is 0.545. The smallest absolute Gasteiger partial charge is 0.307 e. The number of aliphatic carboxylic acids is 1. The van der Waals surface area contributed by atoms with Gasteiger partial charge in [-0.3, -0.25) is 4.79 Å². The Balaban J connectivity index is 2.87. The summed E-state index contributed by atoms with van der Waals surface area (Å²) in [6.07, 6.45) is 2.05. The lowest BCUT2D eigenvalue weighted by Crippen LogP contribution is -2.13. The quantitative estimate of drug-likeness (QED) is 0.827. The van der Waals surface area contributed by atoms with Gasteiger partial charge >= 0.3 is 5.97 Å². The Labute approximate surface area is 99.7 Å². The van der Waals surface area contributed by atoms with Gasteiger partial charge in [-0.15, -0.1) is 0 Å². The van der Waals surface area contributed by atoms with Crippen molar-refractivity contribution in [3.8, 4) is 0 Å². The minimum absolute atomic E-state index is 0.0810. The molecule has 0 aromatic carbocycles. The first-order valence-electron chi connectivity index (χ1n) is 5.00. The molecule has 1 aromatic rings. The number of nitrogens with zero attached hydrogens (tertiary/aromatic N) is 2. The van der Waals surface area contributed by atoms with E-state index in [1.165, 1.54) is 6.20 Å². The molecule has 0 aliphatic heterocycles. The molecule has 0 fully saturated rings. The van der Waals surface area contributed by atoms with Crippen LogP contribution in [0.15, 0.2) is 6.20 Å². The van der Waals surface area contributed by atoms with Gasteiger partial charge in [0.15, 0.2) is 0 Å². The van der Waals surface area contributed by atoms with Crippen molar-refractivity contribution >= 4 is 17.6 Å². The second-order valence-corrected chi connectivity index (χ2v) is 5.27. The van der Waals surface area contributed by atoms with E-state index >= 15 is 0 Å². The summed E-state index contributed by atoms with van der Waals surface area (Å²) in [5.74, 6) is -0.291. The molecular weight excluding hydrogens is 228 g/mol. The predicted molar refractivity (Wildman–Crippen MR) is 61.5 cm³/mol. The maximum atomic E-state index is 10.5. The molecule has 0 unspecified atom stereocenters. The lowest BCUT2D eigenvalue weighted by Gasteiger charge is -2.16. The molecule has 5 heteroatoms. The van der Waals surface area contributed by atoms with E-state index in [9.17, 15) is 4.79 Å². The van der Waals surface area contributed by atoms with Crippen molar-refractivity contribution in [1.82, 2.24) is 9.97 Å². The molecule has 0 radical (unpaired) electrons. The zero-order chi connectivity index (χ0) is 12.3. The van der Waals surface area contributed by atoms with E-state index in [1.807, 2.05) is 0 Å². The summed E-state index contributed by atoms with van der Waals surface area (Å²) in [6.45, 7) is 6.24. The number of halogens is 1. The Morgan fingerprint density at radius 2 is 2.12 bits per heavy atom. The van der Waals surface area contributed by atoms with Crippen LogP contribution in [0, 0.1) is 5.41 Å². The molecule has 0 atom stereocenters. The Morgan fingerprint density at radius 1 is 1.50 bits per heavy atom. The molecule has 0 aliphatic carbocycles. The van der Waals surface area contributed by atoms with Crippen molar-refractivity contribution < 1.29 is 9.90 Å². The van der Waals surface area contributed by atoms with Crippen molar-refractivity contribution in [2.45, 2.75) is 33.6 Å². The minimum atomic E-state index is -0.936. The Bertz CT molecular complexity index is 399. The highest BCUT2D eigenvalue weighted by atomic mass is 35.5. The molecule has 0 bridgehead atoms. The average molecular weight is 243 g/mol. The van der Waals surface area contributed by atoms with Gasteiger partial charge in [-0.25, -0.2) is 9.97 Å². The summed E-state index contributed by atoms with van der Waals surface area (Å²) < 4.78 is 0. The predicted octanol–water partition coefficient (Wildman–Crippen LogP) is 2.35. The number of aromatic nitrogens is 2. The lowest BCUT2D eigenvalue weighted by molar-refractivity contribution is -0.136. The molecule has 1 heterocycles. The first-order chi connectivity index (χ1) is 7.28. The summed E-state index contributed by atoms with van der Waals surface area (Å²) in [6, 6.07) is 0. The van der Waals surface area contributed by atoms with E-state index in [1.54, 1.807) is 0 Å². The Morgan fingerprint density at radius 3 is 2.56 bits per heavy atom.